The molecule has 0 saturated carbocycles. The van der Waals surface area contributed by atoms with Crippen LogP contribution in [0.15, 0.2) is 78.9 Å². The van der Waals surface area contributed by atoms with Crippen LogP contribution < -0.4 is 9.47 Å². The minimum absolute atomic E-state index is 0.789. The van der Waals surface area contributed by atoms with Crippen molar-refractivity contribution in [1.82, 2.24) is 0 Å². The Kier molecular flexibility index (Phi) is 3.88. The number of benzene rings is 3. The van der Waals surface area contributed by atoms with Crippen molar-refractivity contribution in [2.45, 2.75) is 6.92 Å². The molecule has 0 unspecified atom stereocenters. The molecule has 21 heavy (non-hydrogen) atoms. The number of ether oxygens (including phenoxy) is 2. The Morgan fingerprint density at radius 1 is 0.476 bits per heavy atom. The van der Waals surface area contributed by atoms with Crippen LogP contribution in [0.2, 0.25) is 0 Å². The molecule has 0 spiro atoms. The van der Waals surface area contributed by atoms with E-state index >= 15 is 0 Å². The fourth-order valence-corrected chi connectivity index (χ4v) is 1.94. The Hall–Kier alpha value is -2.74. The Bertz CT molecular complexity index is 686. The van der Waals surface area contributed by atoms with Crippen LogP contribution in [0, 0.1) is 6.92 Å². The minimum Gasteiger partial charge on any atom is -0.457 e. The van der Waals surface area contributed by atoms with Crippen molar-refractivity contribution < 1.29 is 9.47 Å². The van der Waals surface area contributed by atoms with Crippen LogP contribution in [0.4, 0.5) is 0 Å². The summed E-state index contributed by atoms with van der Waals surface area (Å²) in [5.74, 6) is 3.23. The Labute approximate surface area is 124 Å². The maximum absolute atomic E-state index is 5.78. The van der Waals surface area contributed by atoms with Gasteiger partial charge in [-0.1, -0.05) is 35.9 Å². The monoisotopic (exact) mass is 276 g/mol. The van der Waals surface area contributed by atoms with Crippen LogP contribution in [0.1, 0.15) is 5.56 Å². The van der Waals surface area contributed by atoms with Gasteiger partial charge in [0.1, 0.15) is 23.0 Å². The predicted molar refractivity (Wildman–Crippen MR) is 84.2 cm³/mol. The molecule has 0 bridgehead atoms. The first-order chi connectivity index (χ1) is 10.3. The largest absolute Gasteiger partial charge is 0.457 e. The summed E-state index contributed by atoms with van der Waals surface area (Å²) in [6, 6.07) is 25.3. The molecular weight excluding hydrogens is 260 g/mol. The third kappa shape index (κ3) is 3.63. The van der Waals surface area contributed by atoms with Gasteiger partial charge in [0.05, 0.1) is 0 Å². The van der Waals surface area contributed by atoms with Crippen molar-refractivity contribution in [2.75, 3.05) is 0 Å². The molecule has 0 amide bonds. The summed E-state index contributed by atoms with van der Waals surface area (Å²) in [6.07, 6.45) is 0. The van der Waals surface area contributed by atoms with E-state index in [2.05, 4.69) is 6.92 Å². The Balaban J connectivity index is 1.68. The van der Waals surface area contributed by atoms with E-state index in [9.17, 15) is 0 Å². The average Bonchev–Trinajstić information content (AvgIpc) is 2.53. The standard InChI is InChI=1S/C19H16O2/c1-15-7-9-17(10-8-15)21-19-13-11-18(12-14-19)20-16-5-3-2-4-6-16/h2-14H,1H3. The van der Waals surface area contributed by atoms with Gasteiger partial charge in [-0.05, 0) is 55.5 Å². The lowest BCUT2D eigenvalue weighted by molar-refractivity contribution is 0.469. The molecule has 2 heteroatoms. The number of hydrogen-bond donors (Lipinski definition) is 0. The van der Waals surface area contributed by atoms with Crippen LogP contribution in [-0.4, -0.2) is 0 Å². The highest BCUT2D eigenvalue weighted by Crippen LogP contribution is 2.26. The molecule has 0 heterocycles. The highest BCUT2D eigenvalue weighted by molar-refractivity contribution is 5.38. The number of aryl methyl sites for hydroxylation is 1. The van der Waals surface area contributed by atoms with Gasteiger partial charge in [-0.25, -0.2) is 0 Å². The smallest absolute Gasteiger partial charge is 0.127 e. The van der Waals surface area contributed by atoms with Crippen LogP contribution in [0.3, 0.4) is 0 Å². The van der Waals surface area contributed by atoms with E-state index in [-0.39, 0.29) is 0 Å². The molecule has 3 aromatic rings. The van der Waals surface area contributed by atoms with E-state index in [4.69, 9.17) is 9.47 Å². The normalized spacial score (nSPS) is 10.1. The molecule has 0 aliphatic rings. The number of rotatable bonds is 4. The van der Waals surface area contributed by atoms with E-state index < -0.39 is 0 Å². The lowest BCUT2D eigenvalue weighted by atomic mass is 10.2. The van der Waals surface area contributed by atoms with E-state index in [1.54, 1.807) is 0 Å². The van der Waals surface area contributed by atoms with Crippen molar-refractivity contribution >= 4 is 0 Å². The quantitative estimate of drug-likeness (QED) is 0.619. The molecule has 104 valence electrons. The third-order valence-electron chi connectivity index (χ3n) is 3.06. The van der Waals surface area contributed by atoms with Gasteiger partial charge in [-0.15, -0.1) is 0 Å². The fraction of sp³-hybridized carbons (Fsp3) is 0.0526. The summed E-state index contributed by atoms with van der Waals surface area (Å²) >= 11 is 0. The maximum atomic E-state index is 5.78. The summed E-state index contributed by atoms with van der Waals surface area (Å²) in [7, 11) is 0. The SMILES string of the molecule is Cc1ccc(Oc2ccc(Oc3ccccc3)cc2)cc1. The second-order valence-electron chi connectivity index (χ2n) is 4.80. The van der Waals surface area contributed by atoms with E-state index in [0.29, 0.717) is 0 Å². The molecule has 0 aliphatic carbocycles. The molecule has 0 radical (unpaired) electrons. The molecule has 0 fully saturated rings. The average molecular weight is 276 g/mol. The van der Waals surface area contributed by atoms with Gasteiger partial charge in [-0.2, -0.15) is 0 Å². The topological polar surface area (TPSA) is 18.5 Å². The van der Waals surface area contributed by atoms with Crippen molar-refractivity contribution in [3.05, 3.63) is 84.4 Å². The van der Waals surface area contributed by atoms with Crippen molar-refractivity contribution in [2.24, 2.45) is 0 Å². The predicted octanol–water partition coefficient (Wildman–Crippen LogP) is 5.58. The Morgan fingerprint density at radius 3 is 1.33 bits per heavy atom. The molecule has 2 nitrogen and oxygen atoms in total. The highest BCUT2D eigenvalue weighted by atomic mass is 16.5. The second-order valence-corrected chi connectivity index (χ2v) is 4.80. The lowest BCUT2D eigenvalue weighted by Crippen LogP contribution is -1.86. The first-order valence-corrected chi connectivity index (χ1v) is 6.87. The molecule has 3 aromatic carbocycles. The van der Waals surface area contributed by atoms with Gasteiger partial charge >= 0.3 is 0 Å². The number of para-hydroxylation sites is 1. The molecule has 0 aromatic heterocycles. The molecule has 3 rings (SSSR count). The zero-order valence-corrected chi connectivity index (χ0v) is 11.8. The summed E-state index contributed by atoms with van der Waals surface area (Å²) in [4.78, 5) is 0. The summed E-state index contributed by atoms with van der Waals surface area (Å²) < 4.78 is 11.5. The minimum atomic E-state index is 0.789. The van der Waals surface area contributed by atoms with Crippen molar-refractivity contribution in [3.8, 4) is 23.0 Å². The van der Waals surface area contributed by atoms with Gasteiger partial charge in [0.2, 0.25) is 0 Å². The van der Waals surface area contributed by atoms with Crippen LogP contribution in [0.25, 0.3) is 0 Å². The van der Waals surface area contributed by atoms with Gasteiger partial charge in [0.25, 0.3) is 0 Å². The van der Waals surface area contributed by atoms with Gasteiger partial charge in [0, 0.05) is 0 Å². The van der Waals surface area contributed by atoms with Crippen LogP contribution in [0.5, 0.6) is 23.0 Å². The van der Waals surface area contributed by atoms with Gasteiger partial charge in [-0.3, -0.25) is 0 Å². The van der Waals surface area contributed by atoms with Crippen LogP contribution >= 0.6 is 0 Å². The highest BCUT2D eigenvalue weighted by Gasteiger charge is 1.99. The van der Waals surface area contributed by atoms with Crippen molar-refractivity contribution in [1.29, 1.82) is 0 Å². The molecule has 0 N–H and O–H groups in total. The van der Waals surface area contributed by atoms with E-state index in [1.807, 2.05) is 78.9 Å². The van der Waals surface area contributed by atoms with Crippen LogP contribution in [-0.2, 0) is 0 Å². The molecule has 0 atom stereocenters. The van der Waals surface area contributed by atoms with E-state index in [1.165, 1.54) is 5.56 Å². The summed E-state index contributed by atoms with van der Waals surface area (Å²) in [6.45, 7) is 2.06. The maximum Gasteiger partial charge on any atom is 0.127 e. The zero-order valence-electron chi connectivity index (χ0n) is 11.8. The van der Waals surface area contributed by atoms with Gasteiger partial charge in [0.15, 0.2) is 0 Å². The second kappa shape index (κ2) is 6.14. The Morgan fingerprint density at radius 2 is 0.857 bits per heavy atom. The third-order valence-corrected chi connectivity index (χ3v) is 3.06. The van der Waals surface area contributed by atoms with Crippen molar-refractivity contribution in [3.63, 3.8) is 0 Å². The first kappa shape index (κ1) is 13.3. The molecule has 0 saturated heterocycles. The fourth-order valence-electron chi connectivity index (χ4n) is 1.94. The van der Waals surface area contributed by atoms with Gasteiger partial charge < -0.3 is 9.47 Å². The molecular formula is C19H16O2. The number of hydrogen-bond acceptors (Lipinski definition) is 2. The molecule has 0 aliphatic heterocycles. The first-order valence-electron chi connectivity index (χ1n) is 6.87. The summed E-state index contributed by atoms with van der Waals surface area (Å²) in [5.41, 5.74) is 1.22. The van der Waals surface area contributed by atoms with E-state index in [0.717, 1.165) is 23.0 Å². The lowest BCUT2D eigenvalue weighted by Gasteiger charge is -2.08. The zero-order chi connectivity index (χ0) is 14.5. The summed E-state index contributed by atoms with van der Waals surface area (Å²) in [5, 5.41) is 0.